The van der Waals surface area contributed by atoms with Crippen LogP contribution in [0, 0.1) is 11.8 Å². The van der Waals surface area contributed by atoms with Gasteiger partial charge in [-0.3, -0.25) is 4.79 Å². The van der Waals surface area contributed by atoms with Gasteiger partial charge in [0.2, 0.25) is 0 Å². The number of ether oxygens (including phenoxy) is 1. The van der Waals surface area contributed by atoms with Gasteiger partial charge in [0.1, 0.15) is 5.60 Å². The summed E-state index contributed by atoms with van der Waals surface area (Å²) in [5, 5.41) is 0. The van der Waals surface area contributed by atoms with Gasteiger partial charge >= 0.3 is 5.97 Å². The molecular weight excluding hydrogens is 248 g/mol. The van der Waals surface area contributed by atoms with E-state index in [4.69, 9.17) is 4.74 Å². The van der Waals surface area contributed by atoms with E-state index < -0.39 is 5.60 Å². The Labute approximate surface area is 123 Å². The molecule has 2 nitrogen and oxygen atoms in total. The lowest BCUT2D eigenvalue weighted by Crippen LogP contribution is -2.33. The third-order valence-electron chi connectivity index (χ3n) is 3.49. The highest BCUT2D eigenvalue weighted by Crippen LogP contribution is 2.35. The normalized spacial score (nSPS) is 14.9. The molecule has 0 aromatic heterocycles. The minimum Gasteiger partial charge on any atom is -0.460 e. The molecule has 0 spiro atoms. The Kier molecular flexibility index (Phi) is 5.79. The Bertz CT molecular complexity index is 415. The van der Waals surface area contributed by atoms with Crippen LogP contribution in [0.2, 0.25) is 0 Å². The molecule has 112 valence electrons. The van der Waals surface area contributed by atoms with Crippen LogP contribution < -0.4 is 0 Å². The van der Waals surface area contributed by atoms with E-state index in [2.05, 4.69) is 32.9 Å². The van der Waals surface area contributed by atoms with E-state index >= 15 is 0 Å². The molecule has 0 amide bonds. The largest absolute Gasteiger partial charge is 0.460 e. The first-order valence-corrected chi connectivity index (χ1v) is 7.54. The standard InChI is InChI=1S/C18H28O2/c1-7-15(17(19)20-18(4,5)6)16(13(2)3)14-11-9-8-10-12-14/h8-13,15-16H,7H2,1-6H3. The van der Waals surface area contributed by atoms with Crippen molar-refractivity contribution in [1.82, 2.24) is 0 Å². The molecule has 0 aliphatic carbocycles. The number of carbonyl (C=O) groups is 1. The number of hydrogen-bond acceptors (Lipinski definition) is 2. The van der Waals surface area contributed by atoms with Gasteiger partial charge in [0.15, 0.2) is 0 Å². The second-order valence-corrected chi connectivity index (χ2v) is 6.73. The van der Waals surface area contributed by atoms with E-state index in [9.17, 15) is 4.79 Å². The van der Waals surface area contributed by atoms with Crippen molar-refractivity contribution in [2.24, 2.45) is 11.8 Å². The second-order valence-electron chi connectivity index (χ2n) is 6.73. The Morgan fingerprint density at radius 2 is 1.70 bits per heavy atom. The van der Waals surface area contributed by atoms with Crippen molar-refractivity contribution in [2.75, 3.05) is 0 Å². The molecule has 0 aliphatic rings. The van der Waals surface area contributed by atoms with Gasteiger partial charge < -0.3 is 4.74 Å². The predicted molar refractivity (Wildman–Crippen MR) is 83.6 cm³/mol. The van der Waals surface area contributed by atoms with Crippen LogP contribution in [0.4, 0.5) is 0 Å². The minimum absolute atomic E-state index is 0.0810. The van der Waals surface area contributed by atoms with Crippen molar-refractivity contribution in [2.45, 2.75) is 59.5 Å². The molecular formula is C18H28O2. The average molecular weight is 276 g/mol. The molecule has 0 saturated heterocycles. The van der Waals surface area contributed by atoms with Gasteiger partial charge in [-0.2, -0.15) is 0 Å². The number of esters is 1. The highest BCUT2D eigenvalue weighted by atomic mass is 16.6. The molecule has 2 heteroatoms. The van der Waals surface area contributed by atoms with E-state index in [0.717, 1.165) is 6.42 Å². The van der Waals surface area contributed by atoms with Crippen LogP contribution in [0.25, 0.3) is 0 Å². The predicted octanol–water partition coefficient (Wildman–Crippen LogP) is 4.79. The summed E-state index contributed by atoms with van der Waals surface area (Å²) in [6, 6.07) is 10.3. The van der Waals surface area contributed by atoms with Gasteiger partial charge in [-0.1, -0.05) is 51.1 Å². The summed E-state index contributed by atoms with van der Waals surface area (Å²) in [5.74, 6) is 0.435. The lowest BCUT2D eigenvalue weighted by atomic mass is 9.77. The van der Waals surface area contributed by atoms with Gasteiger partial charge in [-0.05, 0) is 44.6 Å². The zero-order valence-corrected chi connectivity index (χ0v) is 13.6. The lowest BCUT2D eigenvalue weighted by Gasteiger charge is -2.31. The maximum atomic E-state index is 12.5. The van der Waals surface area contributed by atoms with Crippen LogP contribution in [0.1, 0.15) is 59.4 Å². The van der Waals surface area contributed by atoms with E-state index in [1.807, 2.05) is 39.0 Å². The van der Waals surface area contributed by atoms with Crippen LogP contribution in [0.15, 0.2) is 30.3 Å². The average Bonchev–Trinajstić information content (AvgIpc) is 2.33. The zero-order valence-electron chi connectivity index (χ0n) is 13.6. The summed E-state index contributed by atoms with van der Waals surface area (Å²) < 4.78 is 5.60. The number of hydrogen-bond donors (Lipinski definition) is 0. The summed E-state index contributed by atoms with van der Waals surface area (Å²) in [6.45, 7) is 12.2. The molecule has 1 rings (SSSR count). The van der Waals surface area contributed by atoms with Crippen molar-refractivity contribution in [3.05, 3.63) is 35.9 Å². The molecule has 0 N–H and O–H groups in total. The van der Waals surface area contributed by atoms with Gasteiger partial charge in [-0.25, -0.2) is 0 Å². The first-order chi connectivity index (χ1) is 9.26. The maximum absolute atomic E-state index is 12.5. The first kappa shape index (κ1) is 16.7. The maximum Gasteiger partial charge on any atom is 0.310 e. The quantitative estimate of drug-likeness (QED) is 0.722. The molecule has 20 heavy (non-hydrogen) atoms. The molecule has 2 atom stereocenters. The SMILES string of the molecule is CCC(C(=O)OC(C)(C)C)C(c1ccccc1)C(C)C. The van der Waals surface area contributed by atoms with Crippen molar-refractivity contribution in [3.63, 3.8) is 0 Å². The van der Waals surface area contributed by atoms with Crippen LogP contribution >= 0.6 is 0 Å². The summed E-state index contributed by atoms with van der Waals surface area (Å²) in [4.78, 5) is 12.5. The molecule has 0 aliphatic heterocycles. The first-order valence-electron chi connectivity index (χ1n) is 7.54. The fourth-order valence-electron chi connectivity index (χ4n) is 2.70. The van der Waals surface area contributed by atoms with Gasteiger partial charge in [0, 0.05) is 0 Å². The van der Waals surface area contributed by atoms with Crippen LogP contribution in [-0.2, 0) is 9.53 Å². The van der Waals surface area contributed by atoms with E-state index in [-0.39, 0.29) is 17.8 Å². The molecule has 0 bridgehead atoms. The molecule has 1 aromatic rings. The molecule has 0 saturated carbocycles. The van der Waals surface area contributed by atoms with E-state index in [1.54, 1.807) is 0 Å². The van der Waals surface area contributed by atoms with Crippen LogP contribution in [0.3, 0.4) is 0 Å². The van der Waals surface area contributed by atoms with Crippen LogP contribution in [-0.4, -0.2) is 11.6 Å². The molecule has 2 unspecified atom stereocenters. The highest BCUT2D eigenvalue weighted by Gasteiger charge is 2.33. The van der Waals surface area contributed by atoms with E-state index in [0.29, 0.717) is 5.92 Å². The van der Waals surface area contributed by atoms with Gasteiger partial charge in [0.05, 0.1) is 5.92 Å². The van der Waals surface area contributed by atoms with E-state index in [1.165, 1.54) is 5.56 Å². The van der Waals surface area contributed by atoms with Gasteiger partial charge in [0.25, 0.3) is 0 Å². The second kappa shape index (κ2) is 6.92. The Morgan fingerprint density at radius 1 is 1.15 bits per heavy atom. The number of benzene rings is 1. The lowest BCUT2D eigenvalue weighted by molar-refractivity contribution is -0.161. The fraction of sp³-hybridized carbons (Fsp3) is 0.611. The van der Waals surface area contributed by atoms with Crippen molar-refractivity contribution >= 4 is 5.97 Å². The summed E-state index contributed by atoms with van der Waals surface area (Å²) in [6.07, 6.45) is 0.798. The summed E-state index contributed by atoms with van der Waals surface area (Å²) >= 11 is 0. The van der Waals surface area contributed by atoms with Crippen LogP contribution in [0.5, 0.6) is 0 Å². The topological polar surface area (TPSA) is 26.3 Å². The monoisotopic (exact) mass is 276 g/mol. The van der Waals surface area contributed by atoms with Crippen molar-refractivity contribution in [1.29, 1.82) is 0 Å². The summed E-state index contributed by atoms with van der Waals surface area (Å²) in [5.41, 5.74) is 0.795. The molecule has 0 fully saturated rings. The third kappa shape index (κ3) is 4.66. The smallest absolute Gasteiger partial charge is 0.310 e. The molecule has 0 radical (unpaired) electrons. The van der Waals surface area contributed by atoms with Crippen molar-refractivity contribution < 1.29 is 9.53 Å². The minimum atomic E-state index is -0.428. The molecule has 0 heterocycles. The Hall–Kier alpha value is -1.31. The number of rotatable bonds is 5. The Balaban J connectivity index is 3.02. The van der Waals surface area contributed by atoms with Gasteiger partial charge in [-0.15, -0.1) is 0 Å². The van der Waals surface area contributed by atoms with Crippen molar-refractivity contribution in [3.8, 4) is 0 Å². The highest BCUT2D eigenvalue weighted by molar-refractivity contribution is 5.74. The fourth-order valence-corrected chi connectivity index (χ4v) is 2.70. The molecule has 1 aromatic carbocycles. The zero-order chi connectivity index (χ0) is 15.3. The Morgan fingerprint density at radius 3 is 2.10 bits per heavy atom. The summed E-state index contributed by atoms with van der Waals surface area (Å²) in [7, 11) is 0. The third-order valence-corrected chi connectivity index (χ3v) is 3.49. The number of carbonyl (C=O) groups excluding carboxylic acids is 1.